The summed E-state index contributed by atoms with van der Waals surface area (Å²) in [5.74, 6) is 0.0475. The monoisotopic (exact) mass is 252 g/mol. The summed E-state index contributed by atoms with van der Waals surface area (Å²) in [6, 6.07) is 0. The van der Waals surface area contributed by atoms with E-state index in [1.807, 2.05) is 6.92 Å². The number of nitrogens with one attached hydrogen (secondary N) is 1. The van der Waals surface area contributed by atoms with Crippen molar-refractivity contribution in [3.8, 4) is 0 Å². The fourth-order valence-corrected chi connectivity index (χ4v) is 2.31. The van der Waals surface area contributed by atoms with E-state index >= 15 is 0 Å². The molecule has 1 aromatic rings. The predicted octanol–water partition coefficient (Wildman–Crippen LogP) is 0.399. The Balaban J connectivity index is 2.10. The number of aromatic amines is 1. The van der Waals surface area contributed by atoms with E-state index in [4.69, 9.17) is 10.8 Å². The number of nitrogen functional groups attached to an aromatic ring is 1. The largest absolute Gasteiger partial charge is 0.396 e. The fraction of sp³-hybridized carbons (Fsp3) is 0.667. The van der Waals surface area contributed by atoms with Gasteiger partial charge in [0.15, 0.2) is 5.69 Å². The zero-order chi connectivity index (χ0) is 13.1. The summed E-state index contributed by atoms with van der Waals surface area (Å²) < 4.78 is 0. The van der Waals surface area contributed by atoms with Crippen LogP contribution in [0.2, 0.25) is 0 Å². The van der Waals surface area contributed by atoms with E-state index < -0.39 is 0 Å². The molecule has 0 bridgehead atoms. The lowest BCUT2D eigenvalue weighted by Gasteiger charge is -2.14. The van der Waals surface area contributed by atoms with Crippen LogP contribution in [0.25, 0.3) is 0 Å². The Hall–Kier alpha value is -1.56. The van der Waals surface area contributed by atoms with Gasteiger partial charge < -0.3 is 15.7 Å². The number of aryl methyl sites for hydroxylation is 1. The molecule has 18 heavy (non-hydrogen) atoms. The van der Waals surface area contributed by atoms with E-state index in [9.17, 15) is 4.79 Å². The molecule has 1 unspecified atom stereocenters. The van der Waals surface area contributed by atoms with E-state index in [2.05, 4.69) is 10.2 Å². The first kappa shape index (κ1) is 12.9. The molecule has 0 radical (unpaired) electrons. The molecule has 1 atom stereocenters. The lowest BCUT2D eigenvalue weighted by Crippen LogP contribution is -2.30. The van der Waals surface area contributed by atoms with Gasteiger partial charge in [-0.25, -0.2) is 0 Å². The summed E-state index contributed by atoms with van der Waals surface area (Å²) in [4.78, 5) is 13.9. The molecule has 0 aliphatic carbocycles. The number of hydrogen-bond acceptors (Lipinski definition) is 4. The average Bonchev–Trinajstić information content (AvgIpc) is 2.97. The molecule has 1 saturated heterocycles. The van der Waals surface area contributed by atoms with Crippen molar-refractivity contribution in [3.63, 3.8) is 0 Å². The molecule has 1 aliphatic heterocycles. The van der Waals surface area contributed by atoms with Gasteiger partial charge in [-0.05, 0) is 12.8 Å². The second-order valence-electron chi connectivity index (χ2n) is 4.80. The van der Waals surface area contributed by atoms with Crippen LogP contribution in [0.4, 0.5) is 5.69 Å². The number of carbonyl (C=O) groups is 1. The van der Waals surface area contributed by atoms with Crippen molar-refractivity contribution in [1.29, 1.82) is 0 Å². The van der Waals surface area contributed by atoms with Gasteiger partial charge in [0.25, 0.3) is 5.91 Å². The quantitative estimate of drug-likeness (QED) is 0.722. The van der Waals surface area contributed by atoms with Crippen molar-refractivity contribution in [2.24, 2.45) is 5.92 Å². The molecule has 2 heterocycles. The van der Waals surface area contributed by atoms with E-state index in [0.29, 0.717) is 24.5 Å². The zero-order valence-electron chi connectivity index (χ0n) is 10.6. The molecule has 6 nitrogen and oxygen atoms in total. The molecule has 1 aromatic heterocycles. The van der Waals surface area contributed by atoms with Crippen LogP contribution in [-0.4, -0.2) is 45.8 Å². The van der Waals surface area contributed by atoms with E-state index in [1.165, 1.54) is 0 Å². The number of likely N-dealkylation sites (tertiary alicyclic amines) is 1. The molecule has 1 amide bonds. The fourth-order valence-electron chi connectivity index (χ4n) is 2.31. The highest BCUT2D eigenvalue weighted by Crippen LogP contribution is 2.22. The number of hydrogen-bond donors (Lipinski definition) is 3. The number of nitrogens with two attached hydrogens (primary N) is 1. The minimum Gasteiger partial charge on any atom is -0.396 e. The molecule has 1 fully saturated rings. The topological polar surface area (TPSA) is 95.2 Å². The second kappa shape index (κ2) is 5.39. The number of nitrogens with zero attached hydrogens (tertiary/aromatic N) is 2. The number of aliphatic hydroxyl groups excluding tert-OH is 1. The van der Waals surface area contributed by atoms with E-state index in [-0.39, 0.29) is 18.4 Å². The van der Waals surface area contributed by atoms with Crippen molar-refractivity contribution in [2.75, 3.05) is 25.4 Å². The van der Waals surface area contributed by atoms with Gasteiger partial charge in [-0.15, -0.1) is 0 Å². The molecule has 0 spiro atoms. The Labute approximate surface area is 106 Å². The summed E-state index contributed by atoms with van der Waals surface area (Å²) in [5.41, 5.74) is 7.55. The van der Waals surface area contributed by atoms with Crippen molar-refractivity contribution < 1.29 is 9.90 Å². The van der Waals surface area contributed by atoms with E-state index in [0.717, 1.165) is 25.0 Å². The Morgan fingerprint density at radius 2 is 2.44 bits per heavy atom. The maximum atomic E-state index is 12.2. The molecular weight excluding hydrogens is 232 g/mol. The average molecular weight is 252 g/mol. The van der Waals surface area contributed by atoms with Gasteiger partial charge in [0.1, 0.15) is 0 Å². The van der Waals surface area contributed by atoms with Gasteiger partial charge in [0, 0.05) is 25.6 Å². The maximum Gasteiger partial charge on any atom is 0.276 e. The molecule has 0 aromatic carbocycles. The third-order valence-electron chi connectivity index (χ3n) is 3.42. The minimum atomic E-state index is -0.137. The van der Waals surface area contributed by atoms with Crippen LogP contribution in [-0.2, 0) is 6.42 Å². The van der Waals surface area contributed by atoms with Gasteiger partial charge in [-0.2, -0.15) is 5.10 Å². The first-order valence-corrected chi connectivity index (χ1v) is 6.40. The van der Waals surface area contributed by atoms with Crippen LogP contribution in [0.15, 0.2) is 0 Å². The van der Waals surface area contributed by atoms with Crippen LogP contribution >= 0.6 is 0 Å². The van der Waals surface area contributed by atoms with Gasteiger partial charge in [0.2, 0.25) is 0 Å². The highest BCUT2D eigenvalue weighted by Gasteiger charge is 2.29. The number of carbonyl (C=O) groups excluding carboxylic acids is 1. The SMILES string of the molecule is CCCc1[nH]nc(C(=O)N2CCC(CO)C2)c1N. The molecule has 100 valence electrons. The van der Waals surface area contributed by atoms with Gasteiger partial charge >= 0.3 is 0 Å². The maximum absolute atomic E-state index is 12.2. The normalized spacial score (nSPS) is 19.4. The molecule has 6 heteroatoms. The van der Waals surface area contributed by atoms with Gasteiger partial charge in [-0.1, -0.05) is 13.3 Å². The summed E-state index contributed by atoms with van der Waals surface area (Å²) in [6.45, 7) is 3.43. The third kappa shape index (κ3) is 2.33. The summed E-state index contributed by atoms with van der Waals surface area (Å²) in [7, 11) is 0. The van der Waals surface area contributed by atoms with Crippen LogP contribution in [0, 0.1) is 5.92 Å². The van der Waals surface area contributed by atoms with Gasteiger partial charge in [-0.3, -0.25) is 9.89 Å². The van der Waals surface area contributed by atoms with Crippen molar-refractivity contribution in [2.45, 2.75) is 26.2 Å². The second-order valence-corrected chi connectivity index (χ2v) is 4.80. The highest BCUT2D eigenvalue weighted by molar-refractivity contribution is 5.97. The summed E-state index contributed by atoms with van der Waals surface area (Å²) >= 11 is 0. The van der Waals surface area contributed by atoms with Crippen LogP contribution < -0.4 is 5.73 Å². The number of aromatic nitrogens is 2. The summed E-state index contributed by atoms with van der Waals surface area (Å²) in [5, 5.41) is 15.9. The molecule has 2 rings (SSSR count). The minimum absolute atomic E-state index is 0.126. The number of rotatable bonds is 4. The van der Waals surface area contributed by atoms with Crippen LogP contribution in [0.5, 0.6) is 0 Å². The number of H-pyrrole nitrogens is 1. The molecule has 1 aliphatic rings. The predicted molar refractivity (Wildman–Crippen MR) is 68.1 cm³/mol. The number of anilines is 1. The Kier molecular flexibility index (Phi) is 3.86. The smallest absolute Gasteiger partial charge is 0.276 e. The third-order valence-corrected chi connectivity index (χ3v) is 3.42. The highest BCUT2D eigenvalue weighted by atomic mass is 16.3. The molecular formula is C12H20N4O2. The van der Waals surface area contributed by atoms with E-state index in [1.54, 1.807) is 4.90 Å². The van der Waals surface area contributed by atoms with Crippen molar-refractivity contribution in [3.05, 3.63) is 11.4 Å². The lowest BCUT2D eigenvalue weighted by molar-refractivity contribution is 0.0777. The lowest BCUT2D eigenvalue weighted by atomic mass is 10.1. The molecule has 4 N–H and O–H groups in total. The summed E-state index contributed by atoms with van der Waals surface area (Å²) in [6.07, 6.45) is 2.59. The number of aliphatic hydroxyl groups is 1. The Bertz CT molecular complexity index is 430. The Morgan fingerprint density at radius 1 is 1.67 bits per heavy atom. The first-order valence-electron chi connectivity index (χ1n) is 6.40. The zero-order valence-corrected chi connectivity index (χ0v) is 10.6. The molecule has 0 saturated carbocycles. The Morgan fingerprint density at radius 3 is 3.06 bits per heavy atom. The first-order chi connectivity index (χ1) is 8.67. The van der Waals surface area contributed by atoms with Gasteiger partial charge in [0.05, 0.1) is 11.4 Å². The van der Waals surface area contributed by atoms with Crippen molar-refractivity contribution >= 4 is 11.6 Å². The van der Waals surface area contributed by atoms with Crippen LogP contribution in [0.1, 0.15) is 35.9 Å². The number of amides is 1. The van der Waals surface area contributed by atoms with Crippen LogP contribution in [0.3, 0.4) is 0 Å². The standard InChI is InChI=1S/C12H20N4O2/c1-2-3-9-10(13)11(15-14-9)12(18)16-5-4-8(6-16)7-17/h8,17H,2-7,13H2,1H3,(H,14,15). The van der Waals surface area contributed by atoms with Crippen molar-refractivity contribution in [1.82, 2.24) is 15.1 Å².